The van der Waals surface area contributed by atoms with Gasteiger partial charge < -0.3 is 15.8 Å². The van der Waals surface area contributed by atoms with E-state index in [9.17, 15) is 31.5 Å². The highest BCUT2D eigenvalue weighted by molar-refractivity contribution is 6.34. The van der Waals surface area contributed by atoms with E-state index in [1.807, 2.05) is 26.1 Å². The van der Waals surface area contributed by atoms with E-state index in [1.54, 1.807) is 30.5 Å². The zero-order chi connectivity index (χ0) is 38.2. The number of aromatic nitrogens is 3. The van der Waals surface area contributed by atoms with Crippen molar-refractivity contribution in [2.24, 2.45) is 26.2 Å². The number of nitrogens with one attached hydrogen (secondary N) is 1. The number of halogens is 6. The van der Waals surface area contributed by atoms with Gasteiger partial charge in [0.15, 0.2) is 17.3 Å². The number of alkyl carbamates (subject to hydrolysis) is 1. The average Bonchev–Trinajstić information content (AvgIpc) is 3.57. The molecule has 0 saturated heterocycles. The highest BCUT2D eigenvalue weighted by atomic mass is 35.5. The van der Waals surface area contributed by atoms with Gasteiger partial charge in [-0.25, -0.2) is 28.3 Å². The number of hydrogen-bond acceptors (Lipinski definition) is 9. The number of aliphatic imine (C=N–C) groups is 2. The summed E-state index contributed by atoms with van der Waals surface area (Å²) in [6, 6.07) is 9.48. The molecule has 1 fully saturated rings. The van der Waals surface area contributed by atoms with Gasteiger partial charge in [-0.2, -0.15) is 18.3 Å². The Morgan fingerprint density at radius 3 is 2.37 bits per heavy atom. The van der Waals surface area contributed by atoms with E-state index < -0.39 is 59.6 Å². The number of alkyl halides is 5. The standard InChI is InChI=1S/C33H36ClF5N10O3/c1-30(2,3)18-32(20-7-9-21(10-8-20)47-15-14-43-46-47)27(50)48(28(40)44-32)24(17-52-29(51)45-31(12-13-31)33(37,38)39)19-6-11-22(34)23(16-19)49(42-5)26(41-4)25(35)36/h6-11,14-16,24-25H,5,12-13,17-18H2,1-4H3,(H2,40,44)(H,45,51)/t24-,32-/m1/s1. The largest absolute Gasteiger partial charge is 0.447 e. The second kappa shape index (κ2) is 14.1. The Morgan fingerprint density at radius 2 is 1.85 bits per heavy atom. The van der Waals surface area contributed by atoms with Crippen molar-refractivity contribution in [3.8, 4) is 5.69 Å². The zero-order valence-corrected chi connectivity index (χ0v) is 29.3. The summed E-state index contributed by atoms with van der Waals surface area (Å²) in [6.07, 6.45) is -6.60. The van der Waals surface area contributed by atoms with Crippen LogP contribution in [0.3, 0.4) is 0 Å². The Morgan fingerprint density at radius 1 is 1.17 bits per heavy atom. The highest BCUT2D eigenvalue weighted by Crippen LogP contribution is 2.49. The number of carbonyl (C=O) groups excluding carboxylic acids is 2. The average molecular weight is 751 g/mol. The minimum atomic E-state index is -4.72. The van der Waals surface area contributed by atoms with Crippen LogP contribution in [-0.2, 0) is 15.1 Å². The van der Waals surface area contributed by atoms with E-state index in [2.05, 4.69) is 27.1 Å². The molecule has 2 heterocycles. The minimum absolute atomic E-state index is 0.0693. The van der Waals surface area contributed by atoms with Gasteiger partial charge in [-0.15, -0.1) is 5.10 Å². The lowest BCUT2D eigenvalue weighted by molar-refractivity contribution is -0.164. The number of carbonyl (C=O) groups is 2. The SMILES string of the molecule is C=NN(C(=NC)C(F)F)c1cc([C@@H](COC(=O)NC2(C(F)(F)F)CC2)N2C(=O)[C@@](CC(C)(C)C)(c3ccc(-n4ccnn4)cc3)N=C2N)ccc1Cl. The molecular formula is C33H36ClF5N10O3. The molecule has 1 aliphatic carbocycles. The maximum atomic E-state index is 14.9. The first-order valence-electron chi connectivity index (χ1n) is 15.9. The number of ether oxygens (including phenoxy) is 1. The summed E-state index contributed by atoms with van der Waals surface area (Å²) in [4.78, 5) is 37.1. The van der Waals surface area contributed by atoms with Crippen molar-refractivity contribution in [3.63, 3.8) is 0 Å². The third kappa shape index (κ3) is 7.42. The van der Waals surface area contributed by atoms with Crippen LogP contribution < -0.4 is 16.1 Å². The van der Waals surface area contributed by atoms with Crippen molar-refractivity contribution < 1.29 is 36.3 Å². The third-order valence-corrected chi connectivity index (χ3v) is 8.95. The first-order valence-corrected chi connectivity index (χ1v) is 16.2. The number of benzene rings is 2. The zero-order valence-electron chi connectivity index (χ0n) is 28.5. The minimum Gasteiger partial charge on any atom is -0.447 e. The van der Waals surface area contributed by atoms with Crippen LogP contribution in [-0.4, -0.2) is 82.2 Å². The molecule has 52 heavy (non-hydrogen) atoms. The molecule has 13 nitrogen and oxygen atoms in total. The van der Waals surface area contributed by atoms with E-state index in [-0.39, 0.29) is 41.5 Å². The van der Waals surface area contributed by atoms with E-state index in [1.165, 1.54) is 29.1 Å². The molecule has 1 aliphatic heterocycles. The van der Waals surface area contributed by atoms with Gasteiger partial charge in [-0.1, -0.05) is 55.8 Å². The van der Waals surface area contributed by atoms with Crippen molar-refractivity contribution in [2.45, 2.75) is 69.8 Å². The Kier molecular flexibility index (Phi) is 10.3. The quantitative estimate of drug-likeness (QED) is 0.106. The lowest BCUT2D eigenvalue weighted by atomic mass is 9.75. The number of guanidine groups is 1. The molecule has 1 saturated carbocycles. The molecule has 2 amide bonds. The van der Waals surface area contributed by atoms with E-state index >= 15 is 0 Å². The van der Waals surface area contributed by atoms with Crippen LogP contribution in [0.15, 0.2) is 69.9 Å². The van der Waals surface area contributed by atoms with Gasteiger partial charge in [0.05, 0.1) is 34.8 Å². The molecule has 1 aromatic heterocycles. The maximum absolute atomic E-state index is 14.9. The number of anilines is 1. The summed E-state index contributed by atoms with van der Waals surface area (Å²) in [6.45, 7) is 8.33. The molecule has 5 rings (SSSR count). The van der Waals surface area contributed by atoms with Crippen LogP contribution in [0.1, 0.15) is 57.2 Å². The van der Waals surface area contributed by atoms with Gasteiger partial charge in [0.2, 0.25) is 0 Å². The Bertz CT molecular complexity index is 1880. The van der Waals surface area contributed by atoms with Crippen LogP contribution in [0.5, 0.6) is 0 Å². The predicted octanol–water partition coefficient (Wildman–Crippen LogP) is 5.99. The van der Waals surface area contributed by atoms with Crippen LogP contribution >= 0.6 is 11.6 Å². The smallest absolute Gasteiger partial charge is 0.411 e. The van der Waals surface area contributed by atoms with E-state index in [4.69, 9.17) is 27.1 Å². The van der Waals surface area contributed by atoms with Crippen LogP contribution in [0.2, 0.25) is 5.02 Å². The molecule has 0 radical (unpaired) electrons. The van der Waals surface area contributed by atoms with Gasteiger partial charge >= 0.3 is 12.3 Å². The summed E-state index contributed by atoms with van der Waals surface area (Å²) in [5, 5.41) is 14.0. The fraction of sp³-hybridized carbons (Fsp3) is 0.424. The Balaban J connectivity index is 1.58. The number of nitrogens with zero attached hydrogens (tertiary/aromatic N) is 8. The van der Waals surface area contributed by atoms with Gasteiger partial charge in [0.25, 0.3) is 12.3 Å². The lowest BCUT2D eigenvalue weighted by Crippen LogP contribution is -2.50. The second-order valence-electron chi connectivity index (χ2n) is 13.5. The number of rotatable bonds is 11. The number of nitrogens with two attached hydrogens (primary N) is 1. The van der Waals surface area contributed by atoms with Crippen molar-refractivity contribution in [1.82, 2.24) is 25.2 Å². The van der Waals surface area contributed by atoms with E-state index in [0.29, 0.717) is 16.3 Å². The fourth-order valence-corrected chi connectivity index (χ4v) is 6.27. The number of hydrazone groups is 1. The van der Waals surface area contributed by atoms with Crippen molar-refractivity contribution in [1.29, 1.82) is 0 Å². The predicted molar refractivity (Wildman–Crippen MR) is 184 cm³/mol. The first kappa shape index (κ1) is 38.1. The fourth-order valence-electron chi connectivity index (χ4n) is 6.08. The Labute approximate surface area is 300 Å². The lowest BCUT2D eigenvalue weighted by Gasteiger charge is -2.35. The van der Waals surface area contributed by atoms with Crippen molar-refractivity contribution in [3.05, 3.63) is 71.0 Å². The van der Waals surface area contributed by atoms with Gasteiger partial charge in [0, 0.05) is 13.8 Å². The van der Waals surface area contributed by atoms with Crippen molar-refractivity contribution in [2.75, 3.05) is 18.7 Å². The molecule has 0 unspecified atom stereocenters. The summed E-state index contributed by atoms with van der Waals surface area (Å²) in [5.41, 5.74) is 3.06. The van der Waals surface area contributed by atoms with Gasteiger partial charge in [0.1, 0.15) is 12.1 Å². The molecule has 2 aromatic carbocycles. The molecule has 0 bridgehead atoms. The first-order chi connectivity index (χ1) is 24.4. The molecular weight excluding hydrogens is 715 g/mol. The van der Waals surface area contributed by atoms with Crippen molar-refractivity contribution >= 4 is 47.8 Å². The summed E-state index contributed by atoms with van der Waals surface area (Å²) >= 11 is 6.42. The highest BCUT2D eigenvalue weighted by Gasteiger charge is 2.64. The normalized spacial score (nSPS) is 19.4. The van der Waals surface area contributed by atoms with Crippen LogP contribution in [0.4, 0.5) is 32.4 Å². The summed E-state index contributed by atoms with van der Waals surface area (Å²) in [7, 11) is 1.12. The second-order valence-corrected chi connectivity index (χ2v) is 13.9. The van der Waals surface area contributed by atoms with Crippen LogP contribution in [0.25, 0.3) is 5.69 Å². The summed E-state index contributed by atoms with van der Waals surface area (Å²) < 4.78 is 75.7. The molecule has 19 heteroatoms. The third-order valence-electron chi connectivity index (χ3n) is 8.63. The summed E-state index contributed by atoms with van der Waals surface area (Å²) in [5.74, 6) is -1.74. The van der Waals surface area contributed by atoms with Gasteiger partial charge in [-0.05, 0) is 60.1 Å². The number of hydrogen-bond donors (Lipinski definition) is 2. The molecule has 3 N–H and O–H groups in total. The van der Waals surface area contributed by atoms with Crippen LogP contribution in [0, 0.1) is 5.41 Å². The van der Waals surface area contributed by atoms with E-state index in [0.717, 1.165) is 11.9 Å². The molecule has 278 valence electrons. The molecule has 2 atom stereocenters. The molecule has 2 aliphatic rings. The van der Waals surface area contributed by atoms with Gasteiger partial charge in [-0.3, -0.25) is 14.7 Å². The topological polar surface area (TPSA) is 156 Å². The monoisotopic (exact) mass is 750 g/mol. The number of amides is 2. The maximum Gasteiger partial charge on any atom is 0.411 e. The molecule has 3 aromatic rings. The Hall–Kier alpha value is -5.13. The number of amidine groups is 1. The molecule has 0 spiro atoms.